The third-order valence-electron chi connectivity index (χ3n) is 2.89. The van der Waals surface area contributed by atoms with Crippen LogP contribution in [0.4, 0.5) is 4.79 Å². The Balaban J connectivity index is 2.91. The van der Waals surface area contributed by atoms with Gasteiger partial charge in [0.15, 0.2) is 9.84 Å². The maximum absolute atomic E-state index is 11.9. The molecule has 0 spiro atoms. The quantitative estimate of drug-likeness (QED) is 0.703. The molecule has 1 saturated heterocycles. The van der Waals surface area contributed by atoms with Gasteiger partial charge in [-0.25, -0.2) is 13.2 Å². The molecule has 0 aromatic rings. The summed E-state index contributed by atoms with van der Waals surface area (Å²) in [4.78, 5) is 13.0. The lowest BCUT2D eigenvalue weighted by molar-refractivity contribution is -0.0107. The summed E-state index contributed by atoms with van der Waals surface area (Å²) in [6.45, 7) is 3.87. The molecule has 0 aromatic carbocycles. The summed E-state index contributed by atoms with van der Waals surface area (Å²) in [5.74, 6) is 0. The van der Waals surface area contributed by atoms with Crippen molar-refractivity contribution in [1.29, 1.82) is 0 Å². The number of ether oxygens (including phenoxy) is 1. The zero-order valence-corrected chi connectivity index (χ0v) is 12.4. The number of carbonyl (C=O) groups excluding carboxylic acids is 1. The molecule has 0 radical (unpaired) electrons. The third kappa shape index (κ3) is 3.80. The molecule has 0 unspecified atom stereocenters. The van der Waals surface area contributed by atoms with Crippen LogP contribution in [0.15, 0.2) is 0 Å². The topological polar surface area (TPSA) is 104 Å². The summed E-state index contributed by atoms with van der Waals surface area (Å²) in [5, 5.41) is 18.1. The van der Waals surface area contributed by atoms with Crippen molar-refractivity contribution in [3.63, 3.8) is 0 Å². The number of amides is 1. The normalized spacial score (nSPS) is 28.5. The summed E-state index contributed by atoms with van der Waals surface area (Å²) < 4.78 is 28.3. The van der Waals surface area contributed by atoms with Crippen LogP contribution in [0.25, 0.3) is 0 Å². The highest BCUT2D eigenvalue weighted by Gasteiger charge is 2.52. The van der Waals surface area contributed by atoms with E-state index in [2.05, 4.69) is 0 Å². The highest BCUT2D eigenvalue weighted by Crippen LogP contribution is 2.28. The first-order chi connectivity index (χ1) is 8.39. The molecule has 1 aliphatic rings. The number of aliphatic hydroxyl groups is 2. The maximum atomic E-state index is 11.9. The summed E-state index contributed by atoms with van der Waals surface area (Å²) in [6, 6.07) is 0. The zero-order valence-electron chi connectivity index (χ0n) is 11.6. The average Bonchev–Trinajstić information content (AvgIpc) is 2.54. The second kappa shape index (κ2) is 4.92. The number of rotatable bonds is 2. The van der Waals surface area contributed by atoms with Crippen LogP contribution in [-0.2, 0) is 14.6 Å². The first kappa shape index (κ1) is 16.2. The van der Waals surface area contributed by atoms with Crippen molar-refractivity contribution in [2.45, 2.75) is 37.2 Å². The van der Waals surface area contributed by atoms with Gasteiger partial charge in [-0.2, -0.15) is 0 Å². The Bertz CT molecular complexity index is 454. The number of carbonyl (C=O) groups is 1. The molecule has 0 bridgehead atoms. The molecule has 2 N–H and O–H groups in total. The fraction of sp³-hybridized carbons (Fsp3) is 0.909. The van der Waals surface area contributed by atoms with Crippen molar-refractivity contribution in [2.75, 3.05) is 26.0 Å². The minimum absolute atomic E-state index is 0.190. The molecular weight excluding hydrogens is 274 g/mol. The Labute approximate surface area is 113 Å². The van der Waals surface area contributed by atoms with Crippen molar-refractivity contribution in [1.82, 2.24) is 4.90 Å². The van der Waals surface area contributed by atoms with E-state index >= 15 is 0 Å². The largest absolute Gasteiger partial charge is 0.444 e. The lowest BCUT2D eigenvalue weighted by Gasteiger charge is -2.26. The number of hydrogen-bond donors (Lipinski definition) is 2. The summed E-state index contributed by atoms with van der Waals surface area (Å²) >= 11 is 0. The van der Waals surface area contributed by atoms with Crippen LogP contribution < -0.4 is 0 Å². The van der Waals surface area contributed by atoms with Gasteiger partial charge >= 0.3 is 6.09 Å². The van der Waals surface area contributed by atoms with Gasteiger partial charge in [0.05, 0.1) is 13.2 Å². The first-order valence-corrected chi connectivity index (χ1v) is 7.84. The fourth-order valence-corrected chi connectivity index (χ4v) is 3.42. The Morgan fingerprint density at radius 1 is 1.47 bits per heavy atom. The van der Waals surface area contributed by atoms with E-state index in [9.17, 15) is 23.4 Å². The number of hydrogen-bond acceptors (Lipinski definition) is 6. The number of β-amino-alcohol motifs (C(OH)–C–C–N with tert-alkyl or cyclic N) is 1. The predicted molar refractivity (Wildman–Crippen MR) is 68.5 cm³/mol. The van der Waals surface area contributed by atoms with Crippen LogP contribution in [-0.4, -0.2) is 72.0 Å². The molecule has 0 aliphatic carbocycles. The molecule has 1 heterocycles. The van der Waals surface area contributed by atoms with Crippen molar-refractivity contribution >= 4 is 15.9 Å². The van der Waals surface area contributed by atoms with Gasteiger partial charge in [-0.1, -0.05) is 0 Å². The molecule has 1 rings (SSSR count). The zero-order chi connectivity index (χ0) is 15.1. The molecule has 1 aliphatic heterocycles. The van der Waals surface area contributed by atoms with E-state index in [1.807, 2.05) is 0 Å². The third-order valence-corrected chi connectivity index (χ3v) is 4.51. The van der Waals surface area contributed by atoms with E-state index in [4.69, 9.17) is 4.74 Å². The Kier molecular flexibility index (Phi) is 4.19. The Morgan fingerprint density at radius 2 is 2.00 bits per heavy atom. The fourth-order valence-electron chi connectivity index (χ4n) is 2.02. The van der Waals surface area contributed by atoms with Crippen molar-refractivity contribution < 1.29 is 28.2 Å². The highest BCUT2D eigenvalue weighted by molar-refractivity contribution is 7.91. The van der Waals surface area contributed by atoms with Gasteiger partial charge in [0.1, 0.15) is 16.5 Å². The second-order valence-electron chi connectivity index (χ2n) is 5.94. The number of nitrogens with zero attached hydrogens (tertiary/aromatic N) is 1. The van der Waals surface area contributed by atoms with Crippen LogP contribution in [0.1, 0.15) is 20.8 Å². The van der Waals surface area contributed by atoms with Crippen molar-refractivity contribution in [3.05, 3.63) is 0 Å². The molecule has 7 nitrogen and oxygen atoms in total. The SMILES string of the molecule is CC(C)(C)OC(=O)N1C[C@H](S(C)(=O)=O)[C@](O)(CO)C1. The van der Waals surface area contributed by atoms with E-state index in [1.54, 1.807) is 20.8 Å². The monoisotopic (exact) mass is 295 g/mol. The lowest BCUT2D eigenvalue weighted by Crippen LogP contribution is -2.48. The standard InChI is InChI=1S/C11H21NO6S/c1-10(2,3)18-9(14)12-5-8(19(4,16)17)11(15,6-12)7-13/h8,13,15H,5-7H2,1-4H3/t8-,11+/m0/s1. The van der Waals surface area contributed by atoms with E-state index in [-0.39, 0.29) is 13.1 Å². The molecule has 2 atom stereocenters. The number of aliphatic hydroxyl groups excluding tert-OH is 1. The average molecular weight is 295 g/mol. The minimum atomic E-state index is -3.59. The van der Waals surface area contributed by atoms with Crippen molar-refractivity contribution in [2.24, 2.45) is 0 Å². The van der Waals surface area contributed by atoms with Gasteiger partial charge in [0.2, 0.25) is 0 Å². The summed E-state index contributed by atoms with van der Waals surface area (Å²) in [6.07, 6.45) is 0.266. The van der Waals surface area contributed by atoms with E-state index < -0.39 is 39.0 Å². The molecule has 1 fully saturated rings. The molecule has 112 valence electrons. The van der Waals surface area contributed by atoms with Gasteiger partial charge in [0.25, 0.3) is 0 Å². The predicted octanol–water partition coefficient (Wildman–Crippen LogP) is -0.626. The van der Waals surface area contributed by atoms with Crippen LogP contribution in [0, 0.1) is 0 Å². The van der Waals surface area contributed by atoms with Crippen molar-refractivity contribution in [3.8, 4) is 0 Å². The van der Waals surface area contributed by atoms with Crippen LogP contribution in [0.2, 0.25) is 0 Å². The molecule has 0 aromatic heterocycles. The Hall–Kier alpha value is -0.860. The van der Waals surface area contributed by atoms with E-state index in [0.717, 1.165) is 11.2 Å². The molecule has 1 amide bonds. The van der Waals surface area contributed by atoms with Gasteiger partial charge < -0.3 is 19.8 Å². The summed E-state index contributed by atoms with van der Waals surface area (Å²) in [5.41, 5.74) is -2.55. The van der Waals surface area contributed by atoms with Gasteiger partial charge in [0, 0.05) is 12.8 Å². The van der Waals surface area contributed by atoms with Gasteiger partial charge in [-0.3, -0.25) is 0 Å². The molecule has 19 heavy (non-hydrogen) atoms. The van der Waals surface area contributed by atoms with Crippen LogP contribution in [0.3, 0.4) is 0 Å². The maximum Gasteiger partial charge on any atom is 0.410 e. The van der Waals surface area contributed by atoms with Crippen LogP contribution >= 0.6 is 0 Å². The molecule has 8 heteroatoms. The Morgan fingerprint density at radius 3 is 2.32 bits per heavy atom. The molecule has 0 saturated carbocycles. The number of sulfone groups is 1. The lowest BCUT2D eigenvalue weighted by atomic mass is 10.1. The van der Waals surface area contributed by atoms with E-state index in [0.29, 0.717) is 0 Å². The number of likely N-dealkylation sites (tertiary alicyclic amines) is 1. The van der Waals surface area contributed by atoms with Gasteiger partial charge in [-0.15, -0.1) is 0 Å². The molecular formula is C11H21NO6S. The second-order valence-corrected chi connectivity index (χ2v) is 8.17. The smallest absolute Gasteiger partial charge is 0.410 e. The summed E-state index contributed by atoms with van der Waals surface area (Å²) in [7, 11) is -3.59. The first-order valence-electron chi connectivity index (χ1n) is 5.89. The highest BCUT2D eigenvalue weighted by atomic mass is 32.2. The van der Waals surface area contributed by atoms with Crippen LogP contribution in [0.5, 0.6) is 0 Å². The minimum Gasteiger partial charge on any atom is -0.444 e. The van der Waals surface area contributed by atoms with Gasteiger partial charge in [-0.05, 0) is 20.8 Å². The van der Waals surface area contributed by atoms with E-state index in [1.165, 1.54) is 0 Å².